The first-order chi connectivity index (χ1) is 18.7. The monoisotopic (exact) mass is 554 g/mol. The molecule has 6 aliphatic rings. The Morgan fingerprint density at radius 2 is 1.59 bits per heavy atom. The third kappa shape index (κ3) is 5.18. The fraction of sp³-hybridized carbons (Fsp3) is 0.966. The number of methoxy groups -OCH3 is 1. The van der Waals surface area contributed by atoms with Crippen LogP contribution in [0.4, 0.5) is 0 Å². The predicted octanol–water partition coefficient (Wildman–Crippen LogP) is 2.57. The minimum atomic E-state index is -0.722. The maximum absolute atomic E-state index is 11.8. The largest absolute Gasteiger partial charge is 0.469 e. The van der Waals surface area contributed by atoms with Gasteiger partial charge in [0.15, 0.2) is 12.1 Å². The van der Waals surface area contributed by atoms with E-state index in [1.54, 1.807) is 0 Å². The highest BCUT2D eigenvalue weighted by Gasteiger charge is 2.60. The summed E-state index contributed by atoms with van der Waals surface area (Å²) in [6.07, 6.45) is 0.857. The lowest BCUT2D eigenvalue weighted by atomic mass is 9.76. The van der Waals surface area contributed by atoms with E-state index in [1.807, 2.05) is 0 Å². The van der Waals surface area contributed by atoms with Crippen molar-refractivity contribution in [2.45, 2.75) is 133 Å². The molecule has 6 rings (SSSR count). The molecule has 6 aliphatic heterocycles. The van der Waals surface area contributed by atoms with Gasteiger partial charge in [0.2, 0.25) is 0 Å². The van der Waals surface area contributed by atoms with E-state index < -0.39 is 24.3 Å². The molecule has 222 valence electrons. The summed E-state index contributed by atoms with van der Waals surface area (Å²) in [7, 11) is 1.37. The van der Waals surface area contributed by atoms with E-state index in [-0.39, 0.29) is 72.9 Å². The fourth-order valence-electron chi connectivity index (χ4n) is 7.88. The SMILES string of the molecule is COC(=O)CC1OC[C@@H]2O[C@@H]3C[C@@H]4O[C@@H]5[C@@H](C)[C@H](C)C6(CCCO6)O[C@H]5[C@@H](O)[C@H](C)[C@H]4O[C@H]3C[C@@H](C)C[C@H]2O1. The average molecular weight is 555 g/mol. The number of aliphatic hydroxyl groups excluding tert-OH is 1. The Hall–Kier alpha value is -0.850. The molecule has 0 aromatic heterocycles. The second kappa shape index (κ2) is 11.1. The van der Waals surface area contributed by atoms with E-state index in [1.165, 1.54) is 7.11 Å². The molecule has 1 N–H and O–H groups in total. The quantitative estimate of drug-likeness (QED) is 0.511. The van der Waals surface area contributed by atoms with Gasteiger partial charge in [-0.1, -0.05) is 27.7 Å². The van der Waals surface area contributed by atoms with Gasteiger partial charge in [0, 0.05) is 24.7 Å². The molecule has 0 aromatic carbocycles. The number of aliphatic hydroxyl groups is 1. The minimum Gasteiger partial charge on any atom is -0.469 e. The van der Waals surface area contributed by atoms with Crippen molar-refractivity contribution in [3.63, 3.8) is 0 Å². The molecule has 6 fully saturated rings. The molecule has 15 atom stereocenters. The first-order valence-corrected chi connectivity index (χ1v) is 15.0. The molecular formula is C29H46O10. The van der Waals surface area contributed by atoms with E-state index in [2.05, 4.69) is 27.7 Å². The lowest BCUT2D eigenvalue weighted by molar-refractivity contribution is -0.339. The molecule has 0 amide bonds. The van der Waals surface area contributed by atoms with Crippen molar-refractivity contribution in [3.8, 4) is 0 Å². The van der Waals surface area contributed by atoms with Crippen LogP contribution >= 0.6 is 0 Å². The molecule has 6 saturated heterocycles. The summed E-state index contributed by atoms with van der Waals surface area (Å²) >= 11 is 0. The van der Waals surface area contributed by atoms with Crippen LogP contribution in [0.25, 0.3) is 0 Å². The van der Waals surface area contributed by atoms with Gasteiger partial charge in [-0.05, 0) is 31.1 Å². The van der Waals surface area contributed by atoms with Crippen molar-refractivity contribution >= 4 is 5.97 Å². The summed E-state index contributed by atoms with van der Waals surface area (Å²) in [6, 6.07) is 0. The Bertz CT molecular complexity index is 878. The average Bonchev–Trinajstić information content (AvgIpc) is 3.35. The van der Waals surface area contributed by atoms with Crippen LogP contribution in [0.1, 0.15) is 66.2 Å². The molecule has 2 unspecified atom stereocenters. The highest BCUT2D eigenvalue weighted by Crippen LogP contribution is 2.50. The van der Waals surface area contributed by atoms with Crippen molar-refractivity contribution in [2.75, 3.05) is 20.3 Å². The van der Waals surface area contributed by atoms with Gasteiger partial charge in [0.05, 0.1) is 69.5 Å². The van der Waals surface area contributed by atoms with Crippen LogP contribution in [-0.4, -0.2) is 98.4 Å². The summed E-state index contributed by atoms with van der Waals surface area (Å²) in [5.74, 6) is -0.559. The maximum Gasteiger partial charge on any atom is 0.310 e. The summed E-state index contributed by atoms with van der Waals surface area (Å²) in [4.78, 5) is 11.8. The van der Waals surface area contributed by atoms with E-state index in [9.17, 15) is 9.90 Å². The zero-order chi connectivity index (χ0) is 27.5. The van der Waals surface area contributed by atoms with Crippen LogP contribution in [0.5, 0.6) is 0 Å². The van der Waals surface area contributed by atoms with Crippen LogP contribution in [-0.2, 0) is 42.7 Å². The van der Waals surface area contributed by atoms with Crippen molar-refractivity contribution in [1.82, 2.24) is 0 Å². The van der Waals surface area contributed by atoms with Crippen molar-refractivity contribution < 1.29 is 47.8 Å². The summed E-state index contributed by atoms with van der Waals surface area (Å²) in [6.45, 7) is 9.66. The number of ether oxygens (including phenoxy) is 8. The number of rotatable bonds is 2. The number of hydrogen-bond donors (Lipinski definition) is 1. The van der Waals surface area contributed by atoms with Gasteiger partial charge in [0.1, 0.15) is 12.2 Å². The lowest BCUT2D eigenvalue weighted by Crippen LogP contribution is -2.60. The molecular weight excluding hydrogens is 508 g/mol. The molecule has 39 heavy (non-hydrogen) atoms. The van der Waals surface area contributed by atoms with Gasteiger partial charge in [-0.2, -0.15) is 0 Å². The standard InChI is InChI=1S/C29H46O10/c1-14-9-18-20(35-22-13-33-24(12-23(30)32-5)36-19(22)10-14)11-21-26(37-18)16(3)25(31)28-27(38-21)15(2)17(4)29(39-28)7-6-8-34-29/h14-22,24-28,31H,6-13H2,1-5H3/t14-,15+,16+,17+,18+,19-,20-,21+,22+,24?,25+,26-,27-,28+,29?/m1/s1. The normalized spacial score (nSPS) is 53.8. The van der Waals surface area contributed by atoms with Crippen molar-refractivity contribution in [2.24, 2.45) is 23.7 Å². The first kappa shape index (κ1) is 28.3. The molecule has 0 saturated carbocycles. The second-order valence-electron chi connectivity index (χ2n) is 12.9. The van der Waals surface area contributed by atoms with Gasteiger partial charge >= 0.3 is 5.97 Å². The zero-order valence-corrected chi connectivity index (χ0v) is 23.9. The van der Waals surface area contributed by atoms with Crippen molar-refractivity contribution in [3.05, 3.63) is 0 Å². The first-order valence-electron chi connectivity index (χ1n) is 15.0. The number of esters is 1. The highest BCUT2D eigenvalue weighted by atomic mass is 16.7. The Morgan fingerprint density at radius 1 is 0.872 bits per heavy atom. The Balaban J connectivity index is 1.19. The Labute approximate surface area is 231 Å². The summed E-state index contributed by atoms with van der Waals surface area (Å²) < 4.78 is 49.9. The molecule has 6 heterocycles. The number of carbonyl (C=O) groups is 1. The van der Waals surface area contributed by atoms with Crippen LogP contribution in [0.15, 0.2) is 0 Å². The molecule has 10 nitrogen and oxygen atoms in total. The fourth-order valence-corrected chi connectivity index (χ4v) is 7.88. The second-order valence-corrected chi connectivity index (χ2v) is 12.9. The van der Waals surface area contributed by atoms with Crippen molar-refractivity contribution in [1.29, 1.82) is 0 Å². The molecule has 0 aliphatic carbocycles. The lowest BCUT2D eigenvalue weighted by Gasteiger charge is -2.51. The van der Waals surface area contributed by atoms with E-state index >= 15 is 0 Å². The van der Waals surface area contributed by atoms with Gasteiger partial charge in [-0.3, -0.25) is 4.79 Å². The van der Waals surface area contributed by atoms with Crippen LogP contribution < -0.4 is 0 Å². The Morgan fingerprint density at radius 3 is 2.31 bits per heavy atom. The summed E-state index contributed by atoms with van der Waals surface area (Å²) in [5, 5.41) is 11.6. The van der Waals surface area contributed by atoms with Crippen LogP contribution in [0, 0.1) is 23.7 Å². The molecule has 0 bridgehead atoms. The number of fused-ring (bicyclic) bond motifs is 4. The number of carbonyl (C=O) groups excluding carboxylic acids is 1. The third-order valence-corrected chi connectivity index (χ3v) is 10.3. The zero-order valence-electron chi connectivity index (χ0n) is 23.9. The molecule has 0 aromatic rings. The van der Waals surface area contributed by atoms with Gasteiger partial charge < -0.3 is 43.0 Å². The van der Waals surface area contributed by atoms with Gasteiger partial charge in [0.25, 0.3) is 0 Å². The highest BCUT2D eigenvalue weighted by molar-refractivity contribution is 5.69. The van der Waals surface area contributed by atoms with E-state index in [0.717, 1.165) is 25.7 Å². The van der Waals surface area contributed by atoms with Crippen LogP contribution in [0.3, 0.4) is 0 Å². The summed E-state index contributed by atoms with van der Waals surface area (Å²) in [5.41, 5.74) is 0. The molecule has 1 spiro atoms. The van der Waals surface area contributed by atoms with Crippen LogP contribution in [0.2, 0.25) is 0 Å². The molecule has 10 heteroatoms. The topological polar surface area (TPSA) is 111 Å². The van der Waals surface area contributed by atoms with E-state index in [4.69, 9.17) is 37.9 Å². The minimum absolute atomic E-state index is 0.0641. The maximum atomic E-state index is 11.8. The van der Waals surface area contributed by atoms with E-state index in [0.29, 0.717) is 25.6 Å². The van der Waals surface area contributed by atoms with Gasteiger partial charge in [-0.25, -0.2) is 0 Å². The predicted molar refractivity (Wildman–Crippen MR) is 137 cm³/mol. The number of hydrogen-bond acceptors (Lipinski definition) is 10. The van der Waals surface area contributed by atoms with Gasteiger partial charge in [-0.15, -0.1) is 0 Å². The third-order valence-electron chi connectivity index (χ3n) is 10.3. The Kier molecular flexibility index (Phi) is 8.04. The smallest absolute Gasteiger partial charge is 0.310 e. The molecule has 0 radical (unpaired) electrons.